The van der Waals surface area contributed by atoms with Crippen LogP contribution in [-0.2, 0) is 11.2 Å². The van der Waals surface area contributed by atoms with Gasteiger partial charge in [0.15, 0.2) is 0 Å². The van der Waals surface area contributed by atoms with Gasteiger partial charge >= 0.3 is 0 Å². The fourth-order valence-corrected chi connectivity index (χ4v) is 1.64. The summed E-state index contributed by atoms with van der Waals surface area (Å²) in [5.74, 6) is -0.451. The summed E-state index contributed by atoms with van der Waals surface area (Å²) in [6.07, 6.45) is 0.379. The summed E-state index contributed by atoms with van der Waals surface area (Å²) < 4.78 is 0. The molecule has 0 aliphatic rings. The maximum atomic E-state index is 10.8. The van der Waals surface area contributed by atoms with Gasteiger partial charge in [-0.25, -0.2) is 0 Å². The second kappa shape index (κ2) is 5.15. The van der Waals surface area contributed by atoms with Gasteiger partial charge in [0.25, 0.3) is 0 Å². The molecule has 0 aromatic heterocycles. The van der Waals surface area contributed by atoms with Crippen LogP contribution in [0.25, 0.3) is 0 Å². The number of rotatable bonds is 3. The molecule has 0 heterocycles. The van der Waals surface area contributed by atoms with Crippen LogP contribution in [0.15, 0.2) is 18.2 Å². The van der Waals surface area contributed by atoms with E-state index in [2.05, 4.69) is 15.9 Å². The normalized spacial score (nSPS) is 11.8. The lowest BCUT2D eigenvalue weighted by molar-refractivity contribution is -0.117. The van der Waals surface area contributed by atoms with Crippen LogP contribution in [0.4, 0.5) is 0 Å². The zero-order valence-electron chi connectivity index (χ0n) is 7.71. The number of nitrogens with zero attached hydrogens (tertiary/aromatic N) is 1. The van der Waals surface area contributed by atoms with E-state index < -0.39 is 10.7 Å². The van der Waals surface area contributed by atoms with Gasteiger partial charge in [-0.3, -0.25) is 4.79 Å². The quantitative estimate of drug-likeness (QED) is 0.864. The number of hydrogen-bond donors (Lipinski definition) is 1. The minimum absolute atomic E-state index is 0.379. The first kappa shape index (κ1) is 12.0. The van der Waals surface area contributed by atoms with Crippen LogP contribution in [0.1, 0.15) is 11.1 Å². The molecule has 1 aromatic rings. The molecule has 1 amide bonds. The van der Waals surface area contributed by atoms with Crippen molar-refractivity contribution in [1.82, 2.24) is 0 Å². The summed E-state index contributed by atoms with van der Waals surface area (Å²) in [6.45, 7) is 0. The van der Waals surface area contributed by atoms with Crippen molar-refractivity contribution in [2.75, 3.05) is 0 Å². The number of nitriles is 1. The molecule has 0 saturated heterocycles. The van der Waals surface area contributed by atoms with Crippen molar-refractivity contribution in [1.29, 1.82) is 5.26 Å². The molecule has 5 heteroatoms. The lowest BCUT2D eigenvalue weighted by Crippen LogP contribution is -2.25. The Morgan fingerprint density at radius 3 is 2.87 bits per heavy atom. The number of nitrogens with two attached hydrogens (primary N) is 1. The van der Waals surface area contributed by atoms with Crippen molar-refractivity contribution in [2.24, 2.45) is 5.73 Å². The van der Waals surface area contributed by atoms with Crippen molar-refractivity contribution in [3.05, 3.63) is 34.3 Å². The molecule has 0 aliphatic heterocycles. The highest BCUT2D eigenvalue weighted by Gasteiger charge is 2.13. The lowest BCUT2D eigenvalue weighted by Gasteiger charge is -2.07. The first-order chi connectivity index (χ1) is 7.04. The van der Waals surface area contributed by atoms with Gasteiger partial charge in [0.2, 0.25) is 5.91 Å². The number of halogens is 2. The maximum absolute atomic E-state index is 10.8. The number of hydrogen-bond acceptors (Lipinski definition) is 2. The Balaban J connectivity index is 2.94. The van der Waals surface area contributed by atoms with Gasteiger partial charge in [-0.15, -0.1) is 0 Å². The van der Waals surface area contributed by atoms with Crippen molar-refractivity contribution >= 4 is 33.4 Å². The molecule has 78 valence electrons. The highest BCUT2D eigenvalue weighted by molar-refractivity contribution is 9.10. The van der Waals surface area contributed by atoms with Gasteiger partial charge in [0, 0.05) is 5.02 Å². The summed E-state index contributed by atoms with van der Waals surface area (Å²) in [4.78, 5) is 10.4. The third kappa shape index (κ3) is 3.22. The highest BCUT2D eigenvalue weighted by atomic mass is 79.9. The molecule has 1 atom stereocenters. The highest BCUT2D eigenvalue weighted by Crippen LogP contribution is 2.20. The van der Waals surface area contributed by atoms with Crippen LogP contribution >= 0.6 is 27.5 Å². The molecule has 0 aliphatic carbocycles. The second-order valence-electron chi connectivity index (χ2n) is 2.99. The first-order valence-electron chi connectivity index (χ1n) is 4.16. The molecule has 0 saturated carbocycles. The monoisotopic (exact) mass is 286 g/mol. The summed E-state index contributed by atoms with van der Waals surface area (Å²) in [5, 5.41) is 9.23. The van der Waals surface area contributed by atoms with E-state index in [0.29, 0.717) is 17.0 Å². The van der Waals surface area contributed by atoms with E-state index in [4.69, 9.17) is 22.6 Å². The zero-order chi connectivity index (χ0) is 11.4. The van der Waals surface area contributed by atoms with Gasteiger partial charge in [0.1, 0.15) is 0 Å². The summed E-state index contributed by atoms with van der Waals surface area (Å²) >= 11 is 9.06. The van der Waals surface area contributed by atoms with Crippen molar-refractivity contribution in [2.45, 2.75) is 11.2 Å². The van der Waals surface area contributed by atoms with Crippen molar-refractivity contribution in [3.63, 3.8) is 0 Å². The number of primary amides is 1. The van der Waals surface area contributed by atoms with Crippen LogP contribution in [0.2, 0.25) is 5.02 Å². The Hall–Kier alpha value is -1.05. The molecule has 1 aromatic carbocycles. The third-order valence-electron chi connectivity index (χ3n) is 1.88. The van der Waals surface area contributed by atoms with Crippen LogP contribution in [0.3, 0.4) is 0 Å². The van der Waals surface area contributed by atoms with Gasteiger partial charge in [-0.2, -0.15) is 5.26 Å². The molecule has 0 fully saturated rings. The zero-order valence-corrected chi connectivity index (χ0v) is 10.0. The molecule has 2 N–H and O–H groups in total. The minimum atomic E-state index is -0.469. The van der Waals surface area contributed by atoms with Crippen LogP contribution in [-0.4, -0.2) is 10.7 Å². The summed E-state index contributed by atoms with van der Waals surface area (Å²) in [7, 11) is 0. The Morgan fingerprint density at radius 2 is 2.33 bits per heavy atom. The number of carbonyl (C=O) groups is 1. The van der Waals surface area contributed by atoms with Gasteiger partial charge < -0.3 is 5.73 Å². The largest absolute Gasteiger partial charge is 0.369 e. The van der Waals surface area contributed by atoms with Crippen molar-refractivity contribution in [3.8, 4) is 6.07 Å². The molecule has 1 unspecified atom stereocenters. The van der Waals surface area contributed by atoms with E-state index in [-0.39, 0.29) is 0 Å². The van der Waals surface area contributed by atoms with Gasteiger partial charge in [-0.05, 0) is 30.2 Å². The predicted molar refractivity (Wildman–Crippen MR) is 61.8 cm³/mol. The standard InChI is InChI=1S/C10H8BrClN2O/c11-8(10(14)15)4-7-3-6(5-13)1-2-9(7)12/h1-3,8H,4H2,(H2,14,15). The number of benzene rings is 1. The van der Waals surface area contributed by atoms with Crippen molar-refractivity contribution < 1.29 is 4.79 Å². The van der Waals surface area contributed by atoms with E-state index in [1.165, 1.54) is 0 Å². The van der Waals surface area contributed by atoms with Gasteiger partial charge in [-0.1, -0.05) is 27.5 Å². The molecule has 0 radical (unpaired) electrons. The van der Waals surface area contributed by atoms with Crippen LogP contribution in [0, 0.1) is 11.3 Å². The minimum Gasteiger partial charge on any atom is -0.369 e. The maximum Gasteiger partial charge on any atom is 0.231 e. The Morgan fingerprint density at radius 1 is 1.67 bits per heavy atom. The number of amides is 1. The summed E-state index contributed by atoms with van der Waals surface area (Å²) in [6, 6.07) is 6.92. The molecule has 15 heavy (non-hydrogen) atoms. The average Bonchev–Trinajstić information content (AvgIpc) is 2.21. The fraction of sp³-hybridized carbons (Fsp3) is 0.200. The molecule has 0 spiro atoms. The van der Waals surface area contributed by atoms with Crippen LogP contribution < -0.4 is 5.73 Å². The molecular formula is C10H8BrClN2O. The molecule has 3 nitrogen and oxygen atoms in total. The van der Waals surface area contributed by atoms with E-state index in [0.717, 1.165) is 5.56 Å². The number of alkyl halides is 1. The van der Waals surface area contributed by atoms with Crippen LogP contribution in [0.5, 0.6) is 0 Å². The Kier molecular flexibility index (Phi) is 4.13. The average molecular weight is 288 g/mol. The SMILES string of the molecule is N#Cc1ccc(Cl)c(CC(Br)C(N)=O)c1. The molecule has 0 bridgehead atoms. The third-order valence-corrected chi connectivity index (χ3v) is 3.03. The number of carbonyl (C=O) groups excluding carboxylic acids is 1. The van der Waals surface area contributed by atoms with E-state index in [1.54, 1.807) is 18.2 Å². The van der Waals surface area contributed by atoms with Gasteiger partial charge in [0.05, 0.1) is 16.5 Å². The second-order valence-corrected chi connectivity index (χ2v) is 4.50. The van der Waals surface area contributed by atoms with E-state index in [1.807, 2.05) is 6.07 Å². The fourth-order valence-electron chi connectivity index (χ4n) is 1.09. The smallest absolute Gasteiger partial charge is 0.231 e. The topological polar surface area (TPSA) is 66.9 Å². The summed E-state index contributed by atoms with van der Waals surface area (Å²) in [5.41, 5.74) is 6.36. The predicted octanol–water partition coefficient (Wildman–Crippen LogP) is 2.00. The molecule has 1 rings (SSSR count). The lowest BCUT2D eigenvalue weighted by atomic mass is 10.1. The Labute approximate surface area is 101 Å². The first-order valence-corrected chi connectivity index (χ1v) is 5.46. The molecular weight excluding hydrogens is 279 g/mol. The van der Waals surface area contributed by atoms with E-state index in [9.17, 15) is 4.79 Å². The van der Waals surface area contributed by atoms with E-state index >= 15 is 0 Å². The Bertz CT molecular complexity index is 428.